The fourth-order valence-corrected chi connectivity index (χ4v) is 2.76. The number of ether oxygens (including phenoxy) is 2. The molecule has 0 spiro atoms. The lowest BCUT2D eigenvalue weighted by Crippen LogP contribution is -2.38. The van der Waals surface area contributed by atoms with Crippen LogP contribution in [0.4, 0.5) is 18.9 Å². The van der Waals surface area contributed by atoms with Crippen molar-refractivity contribution in [3.05, 3.63) is 18.2 Å². The van der Waals surface area contributed by atoms with E-state index in [1.807, 2.05) is 0 Å². The van der Waals surface area contributed by atoms with Gasteiger partial charge < -0.3 is 19.7 Å². The Hall–Kier alpha value is -2.12. The predicted octanol–water partition coefficient (Wildman–Crippen LogP) is 2.92. The topological polar surface area (TPSA) is 50.8 Å². The minimum atomic E-state index is -4.42. The quantitative estimate of drug-likeness (QED) is 0.891. The number of alkyl halides is 3. The van der Waals surface area contributed by atoms with Crippen LogP contribution in [-0.4, -0.2) is 50.3 Å². The first-order valence-corrected chi connectivity index (χ1v) is 7.42. The Balaban J connectivity index is 2.21. The van der Waals surface area contributed by atoms with Gasteiger partial charge in [0.15, 0.2) is 0 Å². The molecule has 1 saturated heterocycles. The van der Waals surface area contributed by atoms with Crippen molar-refractivity contribution in [2.24, 2.45) is 5.41 Å². The molecule has 134 valence electrons. The fourth-order valence-electron chi connectivity index (χ4n) is 2.76. The predicted molar refractivity (Wildman–Crippen MR) is 83.4 cm³/mol. The van der Waals surface area contributed by atoms with Crippen molar-refractivity contribution < 1.29 is 27.4 Å². The Labute approximate surface area is 138 Å². The van der Waals surface area contributed by atoms with Gasteiger partial charge >= 0.3 is 6.18 Å². The lowest BCUT2D eigenvalue weighted by atomic mass is 9.87. The Morgan fingerprint density at radius 2 is 1.75 bits per heavy atom. The first-order chi connectivity index (χ1) is 11.1. The van der Waals surface area contributed by atoms with E-state index in [2.05, 4.69) is 5.32 Å². The molecular formula is C16H21F3N2O3. The third-order valence-corrected chi connectivity index (χ3v) is 4.18. The molecule has 1 aromatic carbocycles. The van der Waals surface area contributed by atoms with Crippen molar-refractivity contribution in [3.63, 3.8) is 0 Å². The number of amides is 1. The van der Waals surface area contributed by atoms with E-state index < -0.39 is 30.1 Å². The van der Waals surface area contributed by atoms with Crippen molar-refractivity contribution in [1.82, 2.24) is 4.90 Å². The first-order valence-electron chi connectivity index (χ1n) is 7.42. The molecular weight excluding hydrogens is 325 g/mol. The second kappa shape index (κ2) is 6.41. The molecule has 1 N–H and O–H groups in total. The smallest absolute Gasteiger partial charge is 0.406 e. The molecule has 1 aliphatic heterocycles. The van der Waals surface area contributed by atoms with Crippen LogP contribution < -0.4 is 14.8 Å². The summed E-state index contributed by atoms with van der Waals surface area (Å²) < 4.78 is 48.3. The maximum atomic E-state index is 12.6. The number of benzene rings is 1. The number of halogens is 3. The van der Waals surface area contributed by atoms with Crippen molar-refractivity contribution in [2.75, 3.05) is 32.6 Å². The minimum Gasteiger partial charge on any atom is -0.497 e. The zero-order valence-electron chi connectivity index (χ0n) is 14.0. The molecule has 1 atom stereocenters. The van der Waals surface area contributed by atoms with Crippen LogP contribution in [0.2, 0.25) is 0 Å². The maximum Gasteiger partial charge on any atom is 0.406 e. The summed E-state index contributed by atoms with van der Waals surface area (Å²) in [5.41, 5.74) is -0.340. The summed E-state index contributed by atoms with van der Waals surface area (Å²) >= 11 is 0. The summed E-state index contributed by atoms with van der Waals surface area (Å²) in [4.78, 5) is 13.1. The molecule has 0 bridgehead atoms. The van der Waals surface area contributed by atoms with Gasteiger partial charge in [-0.05, 0) is 13.8 Å². The third kappa shape index (κ3) is 3.85. The van der Waals surface area contributed by atoms with Crippen LogP contribution in [0.3, 0.4) is 0 Å². The number of rotatable bonds is 5. The monoisotopic (exact) mass is 346 g/mol. The summed E-state index contributed by atoms with van der Waals surface area (Å²) in [6.07, 6.45) is -4.42. The van der Waals surface area contributed by atoms with Gasteiger partial charge in [-0.1, -0.05) is 0 Å². The lowest BCUT2D eigenvalue weighted by molar-refractivity contribution is -0.160. The van der Waals surface area contributed by atoms with E-state index in [4.69, 9.17) is 9.47 Å². The molecule has 1 fully saturated rings. The van der Waals surface area contributed by atoms with Crippen molar-refractivity contribution >= 4 is 11.6 Å². The van der Waals surface area contributed by atoms with E-state index in [1.165, 1.54) is 14.2 Å². The van der Waals surface area contributed by atoms with Crippen molar-refractivity contribution in [2.45, 2.75) is 26.1 Å². The normalized spacial score (nSPS) is 20.2. The maximum absolute atomic E-state index is 12.6. The van der Waals surface area contributed by atoms with Gasteiger partial charge in [0.2, 0.25) is 5.91 Å². The standard InChI is InChI=1S/C16H21F3N2O3/c1-15(2)13(8-21(14(15)22)9-16(17,18)19)20-10-5-11(23-3)7-12(6-10)24-4/h5-7,13,20H,8-9H2,1-4H3. The molecule has 0 aliphatic carbocycles. The SMILES string of the molecule is COc1cc(NC2CN(CC(F)(F)F)C(=O)C2(C)C)cc(OC)c1. The zero-order valence-corrected chi connectivity index (χ0v) is 14.0. The number of likely N-dealkylation sites (tertiary alicyclic amines) is 1. The Kier molecular flexibility index (Phi) is 4.87. The van der Waals surface area contributed by atoms with Crippen LogP contribution in [0.15, 0.2) is 18.2 Å². The second-order valence-electron chi connectivity index (χ2n) is 6.32. The summed E-state index contributed by atoms with van der Waals surface area (Å²) in [5.74, 6) is 0.574. The van der Waals surface area contributed by atoms with Gasteiger partial charge in [0.1, 0.15) is 18.0 Å². The highest BCUT2D eigenvalue weighted by atomic mass is 19.4. The Morgan fingerprint density at radius 3 is 2.21 bits per heavy atom. The van der Waals surface area contributed by atoms with E-state index in [0.717, 1.165) is 4.90 Å². The van der Waals surface area contributed by atoms with Gasteiger partial charge in [-0.3, -0.25) is 4.79 Å². The molecule has 0 radical (unpaired) electrons. The molecule has 1 unspecified atom stereocenters. The summed E-state index contributed by atoms with van der Waals surface area (Å²) in [5, 5.41) is 3.14. The van der Waals surface area contributed by atoms with Gasteiger partial charge in [0.25, 0.3) is 0 Å². The van der Waals surface area contributed by atoms with E-state index in [0.29, 0.717) is 17.2 Å². The van der Waals surface area contributed by atoms with Crippen LogP contribution in [0.1, 0.15) is 13.8 Å². The van der Waals surface area contributed by atoms with Crippen molar-refractivity contribution in [3.8, 4) is 11.5 Å². The molecule has 5 nitrogen and oxygen atoms in total. The number of nitrogens with zero attached hydrogens (tertiary/aromatic N) is 1. The summed E-state index contributed by atoms with van der Waals surface area (Å²) in [7, 11) is 3.01. The van der Waals surface area contributed by atoms with Crippen LogP contribution in [0.5, 0.6) is 11.5 Å². The first kappa shape index (κ1) is 18.2. The average Bonchev–Trinajstić information content (AvgIpc) is 2.69. The minimum absolute atomic E-state index is 0.0229. The lowest BCUT2D eigenvalue weighted by Gasteiger charge is -2.25. The number of hydrogen-bond donors (Lipinski definition) is 1. The number of carbonyl (C=O) groups is 1. The Morgan fingerprint density at radius 1 is 1.21 bits per heavy atom. The third-order valence-electron chi connectivity index (χ3n) is 4.18. The van der Waals surface area contributed by atoms with Gasteiger partial charge in [-0.25, -0.2) is 0 Å². The molecule has 1 aliphatic rings. The second-order valence-corrected chi connectivity index (χ2v) is 6.32. The molecule has 1 amide bonds. The van der Waals surface area contributed by atoms with Gasteiger partial charge in [-0.15, -0.1) is 0 Å². The van der Waals surface area contributed by atoms with Crippen molar-refractivity contribution in [1.29, 1.82) is 0 Å². The number of methoxy groups -OCH3 is 2. The van der Waals surface area contributed by atoms with Gasteiger partial charge in [-0.2, -0.15) is 13.2 Å². The molecule has 0 aromatic heterocycles. The van der Waals surface area contributed by atoms with E-state index >= 15 is 0 Å². The van der Waals surface area contributed by atoms with Crippen LogP contribution in [0.25, 0.3) is 0 Å². The fraction of sp³-hybridized carbons (Fsp3) is 0.562. The molecule has 0 saturated carbocycles. The van der Waals surface area contributed by atoms with E-state index in [9.17, 15) is 18.0 Å². The van der Waals surface area contributed by atoms with E-state index in [1.54, 1.807) is 32.0 Å². The summed E-state index contributed by atoms with van der Waals surface area (Å²) in [6, 6.07) is 4.63. The van der Waals surface area contributed by atoms with Gasteiger partial charge in [0.05, 0.1) is 25.7 Å². The molecule has 1 aromatic rings. The Bertz CT molecular complexity index is 595. The highest BCUT2D eigenvalue weighted by Crippen LogP contribution is 2.36. The average molecular weight is 346 g/mol. The number of carbonyl (C=O) groups excluding carboxylic acids is 1. The molecule has 2 rings (SSSR count). The van der Waals surface area contributed by atoms with E-state index in [-0.39, 0.29) is 6.54 Å². The molecule has 8 heteroatoms. The van der Waals surface area contributed by atoms with Crippen LogP contribution in [-0.2, 0) is 4.79 Å². The van der Waals surface area contributed by atoms with Crippen LogP contribution >= 0.6 is 0 Å². The van der Waals surface area contributed by atoms with Crippen LogP contribution in [0, 0.1) is 5.41 Å². The summed E-state index contributed by atoms with van der Waals surface area (Å²) in [6.45, 7) is 2.02. The molecule has 24 heavy (non-hydrogen) atoms. The molecule has 1 heterocycles. The highest BCUT2D eigenvalue weighted by Gasteiger charge is 2.49. The number of hydrogen-bond acceptors (Lipinski definition) is 4. The zero-order chi connectivity index (χ0) is 18.1. The number of nitrogens with one attached hydrogen (secondary N) is 1. The highest BCUT2D eigenvalue weighted by molar-refractivity contribution is 5.86. The van der Waals surface area contributed by atoms with Gasteiger partial charge in [0, 0.05) is 30.4 Å². The largest absolute Gasteiger partial charge is 0.497 e. The number of anilines is 1.